The van der Waals surface area contributed by atoms with Crippen LogP contribution in [0.5, 0.6) is 0 Å². The van der Waals surface area contributed by atoms with E-state index in [2.05, 4.69) is 37.9 Å². The number of hydrogen-bond acceptors (Lipinski definition) is 2. The molecule has 1 saturated heterocycles. The van der Waals surface area contributed by atoms with Gasteiger partial charge in [-0.05, 0) is 43.8 Å². The van der Waals surface area contributed by atoms with E-state index in [-0.39, 0.29) is 0 Å². The van der Waals surface area contributed by atoms with Gasteiger partial charge in [-0.3, -0.25) is 0 Å². The molecule has 1 rings (SSSR count). The molecule has 2 atom stereocenters. The van der Waals surface area contributed by atoms with Gasteiger partial charge >= 0.3 is 0 Å². The lowest BCUT2D eigenvalue weighted by Crippen LogP contribution is -2.42. The smallest absolute Gasteiger partial charge is 0.00193 e. The zero-order valence-electron chi connectivity index (χ0n) is 12.3. The van der Waals surface area contributed by atoms with Crippen LogP contribution in [-0.4, -0.2) is 37.6 Å². The second-order valence-electron chi connectivity index (χ2n) is 6.52. The third-order valence-electron chi connectivity index (χ3n) is 3.63. The summed E-state index contributed by atoms with van der Waals surface area (Å²) in [4.78, 5) is 2.69. The Balaban J connectivity index is 2.23. The van der Waals surface area contributed by atoms with E-state index in [0.29, 0.717) is 0 Å². The fourth-order valence-electron chi connectivity index (χ4n) is 2.73. The molecule has 1 fully saturated rings. The molecule has 0 aromatic rings. The molecule has 1 aliphatic rings. The van der Waals surface area contributed by atoms with E-state index in [1.165, 1.54) is 52.0 Å². The van der Waals surface area contributed by atoms with E-state index >= 15 is 0 Å². The van der Waals surface area contributed by atoms with Crippen molar-refractivity contribution in [3.63, 3.8) is 0 Å². The number of nitrogens with one attached hydrogen (secondary N) is 1. The first-order chi connectivity index (χ1) is 8.08. The van der Waals surface area contributed by atoms with Crippen LogP contribution in [0.15, 0.2) is 0 Å². The summed E-state index contributed by atoms with van der Waals surface area (Å²) in [5.74, 6) is 2.46. The summed E-state index contributed by atoms with van der Waals surface area (Å²) in [6.07, 6.45) is 4.17. The molecule has 0 aromatic carbocycles. The third-order valence-corrected chi connectivity index (χ3v) is 3.63. The first-order valence-corrected chi connectivity index (χ1v) is 7.51. The fourth-order valence-corrected chi connectivity index (χ4v) is 2.73. The van der Waals surface area contributed by atoms with Crippen LogP contribution in [0.25, 0.3) is 0 Å². The third kappa shape index (κ3) is 7.05. The van der Waals surface area contributed by atoms with E-state index in [1.807, 2.05) is 0 Å². The molecule has 1 N–H and O–H groups in total. The molecule has 0 aromatic heterocycles. The Morgan fingerprint density at radius 1 is 1.06 bits per heavy atom. The van der Waals surface area contributed by atoms with Gasteiger partial charge in [-0.25, -0.2) is 0 Å². The van der Waals surface area contributed by atoms with Crippen LogP contribution < -0.4 is 5.32 Å². The Morgan fingerprint density at radius 3 is 2.18 bits per heavy atom. The monoisotopic (exact) mass is 240 g/mol. The molecule has 17 heavy (non-hydrogen) atoms. The Hall–Kier alpha value is -0.0800. The summed E-state index contributed by atoms with van der Waals surface area (Å²) < 4.78 is 0. The van der Waals surface area contributed by atoms with Gasteiger partial charge in [-0.1, -0.05) is 40.5 Å². The highest BCUT2D eigenvalue weighted by atomic mass is 15.1. The standard InChI is InChI=1S/C15H32N2/c1-13(2)7-5-6-8-17-11-14(3)9-16-10-15(4)12-17/h13-16H,5-12H2,1-4H3. The average Bonchev–Trinajstić information content (AvgIpc) is 2.21. The molecule has 1 heterocycles. The summed E-state index contributed by atoms with van der Waals surface area (Å²) in [5, 5.41) is 3.56. The predicted octanol–water partition coefficient (Wildman–Crippen LogP) is 2.99. The predicted molar refractivity (Wildman–Crippen MR) is 76.3 cm³/mol. The van der Waals surface area contributed by atoms with Gasteiger partial charge in [0.25, 0.3) is 0 Å². The van der Waals surface area contributed by atoms with Gasteiger partial charge in [0.15, 0.2) is 0 Å². The van der Waals surface area contributed by atoms with Crippen molar-refractivity contribution in [1.29, 1.82) is 0 Å². The largest absolute Gasteiger partial charge is 0.316 e. The van der Waals surface area contributed by atoms with Crippen LogP contribution >= 0.6 is 0 Å². The lowest BCUT2D eigenvalue weighted by molar-refractivity contribution is 0.182. The maximum absolute atomic E-state index is 3.56. The second kappa shape index (κ2) is 8.10. The summed E-state index contributed by atoms with van der Waals surface area (Å²) in [6.45, 7) is 15.6. The highest BCUT2D eigenvalue weighted by Gasteiger charge is 2.16. The fraction of sp³-hybridized carbons (Fsp3) is 1.00. The van der Waals surface area contributed by atoms with Crippen molar-refractivity contribution >= 4 is 0 Å². The molecule has 0 amide bonds. The minimum absolute atomic E-state index is 0.799. The molecule has 0 aliphatic carbocycles. The van der Waals surface area contributed by atoms with Crippen molar-refractivity contribution < 1.29 is 0 Å². The van der Waals surface area contributed by atoms with E-state index in [0.717, 1.165) is 17.8 Å². The molecule has 0 saturated carbocycles. The number of nitrogens with zero attached hydrogens (tertiary/aromatic N) is 1. The molecule has 0 bridgehead atoms. The Labute approximate surface area is 108 Å². The van der Waals surface area contributed by atoms with Crippen molar-refractivity contribution in [1.82, 2.24) is 10.2 Å². The van der Waals surface area contributed by atoms with Gasteiger partial charge in [-0.15, -0.1) is 0 Å². The number of unbranched alkanes of at least 4 members (excludes halogenated alkanes) is 1. The van der Waals surface area contributed by atoms with Crippen molar-refractivity contribution in [2.45, 2.75) is 47.0 Å². The topological polar surface area (TPSA) is 15.3 Å². The Morgan fingerprint density at radius 2 is 1.65 bits per heavy atom. The molecule has 1 aliphatic heterocycles. The van der Waals surface area contributed by atoms with Gasteiger partial charge in [0.1, 0.15) is 0 Å². The maximum Gasteiger partial charge on any atom is 0.00193 e. The van der Waals surface area contributed by atoms with Crippen molar-refractivity contribution in [2.75, 3.05) is 32.7 Å². The lowest BCUT2D eigenvalue weighted by Gasteiger charge is -2.31. The molecular formula is C15H32N2. The molecule has 0 radical (unpaired) electrons. The first-order valence-electron chi connectivity index (χ1n) is 7.51. The van der Waals surface area contributed by atoms with Crippen LogP contribution in [0.2, 0.25) is 0 Å². The Bertz CT molecular complexity index is 179. The number of hydrogen-bond donors (Lipinski definition) is 1. The molecule has 2 heteroatoms. The van der Waals surface area contributed by atoms with E-state index in [9.17, 15) is 0 Å². The Kier molecular flexibility index (Phi) is 7.14. The van der Waals surface area contributed by atoms with Crippen LogP contribution in [0.3, 0.4) is 0 Å². The lowest BCUT2D eigenvalue weighted by atomic mass is 10.0. The minimum atomic E-state index is 0.799. The van der Waals surface area contributed by atoms with Crippen LogP contribution in [0, 0.1) is 17.8 Å². The van der Waals surface area contributed by atoms with E-state index < -0.39 is 0 Å². The molecule has 2 unspecified atom stereocenters. The molecule has 102 valence electrons. The van der Waals surface area contributed by atoms with Crippen LogP contribution in [0.1, 0.15) is 47.0 Å². The minimum Gasteiger partial charge on any atom is -0.316 e. The zero-order chi connectivity index (χ0) is 12.7. The molecule has 0 spiro atoms. The average molecular weight is 240 g/mol. The summed E-state index contributed by atoms with van der Waals surface area (Å²) in [7, 11) is 0. The zero-order valence-corrected chi connectivity index (χ0v) is 12.3. The van der Waals surface area contributed by atoms with Gasteiger partial charge in [0.05, 0.1) is 0 Å². The molecule has 2 nitrogen and oxygen atoms in total. The van der Waals surface area contributed by atoms with Gasteiger partial charge in [0, 0.05) is 13.1 Å². The van der Waals surface area contributed by atoms with E-state index in [4.69, 9.17) is 0 Å². The van der Waals surface area contributed by atoms with Crippen molar-refractivity contribution in [3.05, 3.63) is 0 Å². The first kappa shape index (κ1) is 15.0. The summed E-state index contributed by atoms with van der Waals surface area (Å²) in [6, 6.07) is 0. The summed E-state index contributed by atoms with van der Waals surface area (Å²) in [5.41, 5.74) is 0. The van der Waals surface area contributed by atoms with Gasteiger partial charge < -0.3 is 10.2 Å². The quantitative estimate of drug-likeness (QED) is 0.743. The van der Waals surface area contributed by atoms with E-state index in [1.54, 1.807) is 0 Å². The maximum atomic E-state index is 3.56. The second-order valence-corrected chi connectivity index (χ2v) is 6.52. The van der Waals surface area contributed by atoms with Crippen LogP contribution in [0.4, 0.5) is 0 Å². The summed E-state index contributed by atoms with van der Waals surface area (Å²) >= 11 is 0. The highest BCUT2D eigenvalue weighted by molar-refractivity contribution is 4.73. The van der Waals surface area contributed by atoms with Gasteiger partial charge in [0.2, 0.25) is 0 Å². The van der Waals surface area contributed by atoms with Crippen molar-refractivity contribution in [3.8, 4) is 0 Å². The molecular weight excluding hydrogens is 208 g/mol. The van der Waals surface area contributed by atoms with Crippen LogP contribution in [-0.2, 0) is 0 Å². The van der Waals surface area contributed by atoms with Crippen molar-refractivity contribution in [2.24, 2.45) is 17.8 Å². The number of rotatable bonds is 5. The SMILES string of the molecule is CC(C)CCCCN1CC(C)CNCC(C)C1. The van der Waals surface area contributed by atoms with Gasteiger partial charge in [-0.2, -0.15) is 0 Å². The highest BCUT2D eigenvalue weighted by Crippen LogP contribution is 2.11. The normalized spacial score (nSPS) is 28.1.